The van der Waals surface area contributed by atoms with Crippen LogP contribution in [0.25, 0.3) is 0 Å². The van der Waals surface area contributed by atoms with Crippen molar-refractivity contribution >= 4 is 17.6 Å². The van der Waals surface area contributed by atoms with Crippen LogP contribution in [-0.2, 0) is 6.42 Å². The molecule has 6 nitrogen and oxygen atoms in total. The first-order valence-electron chi connectivity index (χ1n) is 7.17. The van der Waals surface area contributed by atoms with Gasteiger partial charge in [-0.3, -0.25) is 0 Å². The number of aryl methyl sites for hydroxylation is 1. The Bertz CT molecular complexity index is 571. The van der Waals surface area contributed by atoms with Gasteiger partial charge >= 0.3 is 6.01 Å². The highest BCUT2D eigenvalue weighted by atomic mass is 16.5. The molecule has 1 heterocycles. The van der Waals surface area contributed by atoms with E-state index in [1.54, 1.807) is 7.05 Å². The second-order valence-corrected chi connectivity index (χ2v) is 4.52. The molecule has 0 amide bonds. The van der Waals surface area contributed by atoms with Crippen molar-refractivity contribution in [1.82, 2.24) is 15.0 Å². The van der Waals surface area contributed by atoms with Crippen LogP contribution in [0.2, 0.25) is 0 Å². The molecule has 21 heavy (non-hydrogen) atoms. The van der Waals surface area contributed by atoms with E-state index in [0.717, 1.165) is 18.5 Å². The molecular weight excluding hydrogens is 266 g/mol. The Labute approximate surface area is 125 Å². The Balaban J connectivity index is 2.15. The molecule has 0 saturated carbocycles. The summed E-state index contributed by atoms with van der Waals surface area (Å²) in [7, 11) is 1.76. The van der Waals surface area contributed by atoms with Gasteiger partial charge in [-0.25, -0.2) is 0 Å². The lowest BCUT2D eigenvalue weighted by molar-refractivity contribution is 0.312. The van der Waals surface area contributed by atoms with Crippen LogP contribution in [0.1, 0.15) is 25.8 Å². The van der Waals surface area contributed by atoms with E-state index in [4.69, 9.17) is 4.74 Å². The highest BCUT2D eigenvalue weighted by Crippen LogP contribution is 2.17. The minimum atomic E-state index is 0.307. The van der Waals surface area contributed by atoms with E-state index in [2.05, 4.69) is 44.6 Å². The van der Waals surface area contributed by atoms with Crippen LogP contribution in [0.3, 0.4) is 0 Å². The molecule has 0 aliphatic heterocycles. The van der Waals surface area contributed by atoms with Gasteiger partial charge in [0.15, 0.2) is 0 Å². The molecule has 0 atom stereocenters. The lowest BCUT2D eigenvalue weighted by atomic mass is 10.1. The molecule has 0 spiro atoms. The number of hydrogen-bond donors (Lipinski definition) is 2. The normalized spacial score (nSPS) is 10.2. The van der Waals surface area contributed by atoms with Crippen molar-refractivity contribution in [2.75, 3.05) is 24.3 Å². The summed E-state index contributed by atoms with van der Waals surface area (Å²) in [5.41, 5.74) is 2.26. The monoisotopic (exact) mass is 287 g/mol. The Morgan fingerprint density at radius 3 is 2.33 bits per heavy atom. The smallest absolute Gasteiger partial charge is 0.323 e. The molecule has 6 heteroatoms. The fraction of sp³-hybridized carbons (Fsp3) is 0.400. The second-order valence-electron chi connectivity index (χ2n) is 4.52. The molecule has 2 N–H and O–H groups in total. The van der Waals surface area contributed by atoms with Crippen LogP contribution in [0, 0.1) is 0 Å². The van der Waals surface area contributed by atoms with Crippen LogP contribution in [-0.4, -0.2) is 28.6 Å². The Kier molecular flexibility index (Phi) is 5.31. The van der Waals surface area contributed by atoms with Crippen molar-refractivity contribution in [2.24, 2.45) is 0 Å². The van der Waals surface area contributed by atoms with E-state index in [9.17, 15) is 0 Å². The molecule has 0 bridgehead atoms. The third-order valence-electron chi connectivity index (χ3n) is 2.86. The molecule has 1 aromatic carbocycles. The number of ether oxygens (including phenoxy) is 1. The van der Waals surface area contributed by atoms with E-state index in [1.165, 1.54) is 5.56 Å². The number of aromatic nitrogens is 3. The first kappa shape index (κ1) is 15.0. The Morgan fingerprint density at radius 2 is 1.71 bits per heavy atom. The van der Waals surface area contributed by atoms with E-state index in [1.807, 2.05) is 19.1 Å². The summed E-state index contributed by atoms with van der Waals surface area (Å²) in [5, 5.41) is 6.06. The van der Waals surface area contributed by atoms with Crippen molar-refractivity contribution in [1.29, 1.82) is 0 Å². The number of hydrogen-bond acceptors (Lipinski definition) is 6. The van der Waals surface area contributed by atoms with Crippen LogP contribution < -0.4 is 15.4 Å². The van der Waals surface area contributed by atoms with Crippen molar-refractivity contribution in [3.63, 3.8) is 0 Å². The standard InChI is InChI=1S/C15H21N5O/c1-4-6-11-7-9-12(10-8-11)17-14-18-13(16-3)19-15(20-14)21-5-2/h7-10H,4-6H2,1-3H3,(H2,16,17,18,19,20). The summed E-state index contributed by atoms with van der Waals surface area (Å²) in [6.07, 6.45) is 2.23. The molecule has 0 aliphatic rings. The summed E-state index contributed by atoms with van der Waals surface area (Å²) in [4.78, 5) is 12.6. The summed E-state index contributed by atoms with van der Waals surface area (Å²) < 4.78 is 5.34. The summed E-state index contributed by atoms with van der Waals surface area (Å²) in [6, 6.07) is 8.56. The number of nitrogens with zero attached hydrogens (tertiary/aromatic N) is 3. The summed E-state index contributed by atoms with van der Waals surface area (Å²) >= 11 is 0. The molecule has 0 radical (unpaired) electrons. The maximum atomic E-state index is 5.34. The lowest BCUT2D eigenvalue weighted by Crippen LogP contribution is -2.07. The van der Waals surface area contributed by atoms with Gasteiger partial charge < -0.3 is 15.4 Å². The third-order valence-corrected chi connectivity index (χ3v) is 2.86. The van der Waals surface area contributed by atoms with Gasteiger partial charge in [0, 0.05) is 12.7 Å². The van der Waals surface area contributed by atoms with Gasteiger partial charge in [0.05, 0.1) is 6.61 Å². The van der Waals surface area contributed by atoms with Crippen molar-refractivity contribution in [3.05, 3.63) is 29.8 Å². The molecule has 0 fully saturated rings. The van der Waals surface area contributed by atoms with Crippen LogP contribution in [0.4, 0.5) is 17.6 Å². The molecule has 2 rings (SSSR count). The predicted octanol–water partition coefficient (Wildman–Crippen LogP) is 3.01. The zero-order chi connectivity index (χ0) is 15.1. The van der Waals surface area contributed by atoms with E-state index in [-0.39, 0.29) is 0 Å². The Hall–Kier alpha value is -2.37. The van der Waals surface area contributed by atoms with Gasteiger partial charge in [-0.1, -0.05) is 25.5 Å². The molecule has 0 saturated heterocycles. The average Bonchev–Trinajstić information content (AvgIpc) is 2.49. The minimum Gasteiger partial charge on any atom is -0.464 e. The third kappa shape index (κ3) is 4.30. The molecule has 2 aromatic rings. The van der Waals surface area contributed by atoms with E-state index >= 15 is 0 Å². The van der Waals surface area contributed by atoms with Gasteiger partial charge in [-0.05, 0) is 31.0 Å². The summed E-state index contributed by atoms with van der Waals surface area (Å²) in [6.45, 7) is 4.58. The van der Waals surface area contributed by atoms with Crippen molar-refractivity contribution in [2.45, 2.75) is 26.7 Å². The zero-order valence-electron chi connectivity index (χ0n) is 12.7. The SMILES string of the molecule is CCCc1ccc(Nc2nc(NC)nc(OCC)n2)cc1. The van der Waals surface area contributed by atoms with E-state index < -0.39 is 0 Å². The molecule has 0 aliphatic carbocycles. The van der Waals surface area contributed by atoms with Gasteiger partial charge in [0.1, 0.15) is 0 Å². The van der Waals surface area contributed by atoms with Crippen molar-refractivity contribution < 1.29 is 4.74 Å². The highest BCUT2D eigenvalue weighted by Gasteiger charge is 2.06. The first-order valence-corrected chi connectivity index (χ1v) is 7.17. The zero-order valence-corrected chi connectivity index (χ0v) is 12.7. The molecule has 1 aromatic heterocycles. The highest BCUT2D eigenvalue weighted by molar-refractivity contribution is 5.54. The number of anilines is 3. The maximum Gasteiger partial charge on any atom is 0.323 e. The summed E-state index contributed by atoms with van der Waals surface area (Å²) in [5.74, 6) is 0.930. The van der Waals surface area contributed by atoms with Gasteiger partial charge in [0.2, 0.25) is 11.9 Å². The topological polar surface area (TPSA) is 72.0 Å². The molecule has 112 valence electrons. The van der Waals surface area contributed by atoms with E-state index in [0.29, 0.717) is 24.5 Å². The average molecular weight is 287 g/mol. The van der Waals surface area contributed by atoms with Gasteiger partial charge in [-0.15, -0.1) is 0 Å². The Morgan fingerprint density at radius 1 is 1.00 bits per heavy atom. The second kappa shape index (κ2) is 7.42. The number of nitrogens with one attached hydrogen (secondary N) is 2. The van der Waals surface area contributed by atoms with Crippen LogP contribution in [0.5, 0.6) is 6.01 Å². The predicted molar refractivity (Wildman–Crippen MR) is 84.3 cm³/mol. The molecule has 0 unspecified atom stereocenters. The fourth-order valence-electron chi connectivity index (χ4n) is 1.89. The van der Waals surface area contributed by atoms with Crippen molar-refractivity contribution in [3.8, 4) is 6.01 Å². The fourth-order valence-corrected chi connectivity index (χ4v) is 1.89. The van der Waals surface area contributed by atoms with Crippen LogP contribution >= 0.6 is 0 Å². The lowest BCUT2D eigenvalue weighted by Gasteiger charge is -2.09. The number of benzene rings is 1. The molecular formula is C15H21N5O. The number of rotatable bonds is 7. The maximum absolute atomic E-state index is 5.34. The largest absolute Gasteiger partial charge is 0.464 e. The first-order chi connectivity index (χ1) is 10.2. The van der Waals surface area contributed by atoms with Gasteiger partial charge in [-0.2, -0.15) is 15.0 Å². The van der Waals surface area contributed by atoms with Crippen LogP contribution in [0.15, 0.2) is 24.3 Å². The van der Waals surface area contributed by atoms with Gasteiger partial charge in [0.25, 0.3) is 0 Å². The minimum absolute atomic E-state index is 0.307. The quantitative estimate of drug-likeness (QED) is 0.815.